The minimum atomic E-state index is -0.520. The number of hydrogen-bond donors (Lipinski definition) is 4. The first-order valence-electron chi connectivity index (χ1n) is 7.60. The Morgan fingerprint density at radius 3 is 3.08 bits per heavy atom. The van der Waals surface area contributed by atoms with Crippen molar-refractivity contribution in [2.75, 3.05) is 32.2 Å². The van der Waals surface area contributed by atoms with Gasteiger partial charge in [0.05, 0.1) is 18.8 Å². The van der Waals surface area contributed by atoms with Crippen molar-refractivity contribution in [1.29, 1.82) is 0 Å². The number of aliphatic imine (C=N–C) groups is 1. The number of thiazole rings is 1. The summed E-state index contributed by atoms with van der Waals surface area (Å²) in [5.74, 6) is -0.118. The van der Waals surface area contributed by atoms with Gasteiger partial charge in [0, 0.05) is 24.6 Å². The predicted molar refractivity (Wildman–Crippen MR) is 98.5 cm³/mol. The molecule has 2 rings (SSSR count). The summed E-state index contributed by atoms with van der Waals surface area (Å²) >= 11 is 1.42. The van der Waals surface area contributed by atoms with Gasteiger partial charge in [-0.15, -0.1) is 11.3 Å². The Morgan fingerprint density at radius 1 is 1.48 bits per heavy atom. The number of carbonyl (C=O) groups excluding carboxylic acids is 1. The van der Waals surface area contributed by atoms with Crippen LogP contribution in [0, 0.1) is 0 Å². The molecule has 0 radical (unpaired) electrons. The Labute approximate surface area is 149 Å². The largest absolute Gasteiger partial charge is 0.387 e. The molecule has 0 spiro atoms. The fourth-order valence-electron chi connectivity index (χ4n) is 1.97. The van der Waals surface area contributed by atoms with E-state index in [4.69, 9.17) is 15.6 Å². The molecule has 0 fully saturated rings. The average Bonchev–Trinajstić information content (AvgIpc) is 3.08. The minimum Gasteiger partial charge on any atom is -0.387 e. The number of nitrogens with one attached hydrogen (secondary N) is 2. The summed E-state index contributed by atoms with van der Waals surface area (Å²) in [6, 6.07) is 7.66. The highest BCUT2D eigenvalue weighted by molar-refractivity contribution is 7.14. The molecule has 1 aromatic heterocycles. The van der Waals surface area contributed by atoms with Crippen LogP contribution in [0.5, 0.6) is 0 Å². The van der Waals surface area contributed by atoms with Gasteiger partial charge in [-0.2, -0.15) is 0 Å². The second-order valence-corrected chi connectivity index (χ2v) is 5.92. The Morgan fingerprint density at radius 2 is 2.32 bits per heavy atom. The molecule has 0 aliphatic carbocycles. The summed E-state index contributed by atoms with van der Waals surface area (Å²) in [5, 5.41) is 16.9. The van der Waals surface area contributed by atoms with Crippen molar-refractivity contribution in [3.8, 4) is 11.3 Å². The molecule has 2 aromatic rings. The van der Waals surface area contributed by atoms with E-state index in [0.717, 1.165) is 16.8 Å². The molecule has 1 heterocycles. The van der Waals surface area contributed by atoms with Crippen LogP contribution in [0.25, 0.3) is 11.3 Å². The number of aromatic nitrogens is 1. The molecule has 0 bridgehead atoms. The van der Waals surface area contributed by atoms with Crippen LogP contribution in [-0.2, 0) is 16.1 Å². The van der Waals surface area contributed by atoms with Gasteiger partial charge >= 0.3 is 0 Å². The molecule has 134 valence electrons. The zero-order valence-electron chi connectivity index (χ0n) is 13.9. The van der Waals surface area contributed by atoms with Crippen molar-refractivity contribution in [2.24, 2.45) is 10.7 Å². The molecule has 1 aromatic carbocycles. The lowest BCUT2D eigenvalue weighted by Crippen LogP contribution is -2.25. The lowest BCUT2D eigenvalue weighted by atomic mass is 10.1. The average molecular weight is 363 g/mol. The first-order chi connectivity index (χ1) is 12.1. The number of hydrogen-bond acceptors (Lipinski definition) is 6. The van der Waals surface area contributed by atoms with Gasteiger partial charge in [-0.05, 0) is 11.6 Å². The third kappa shape index (κ3) is 6.14. The molecule has 0 aliphatic heterocycles. The third-order valence-corrected chi connectivity index (χ3v) is 3.93. The quantitative estimate of drug-likeness (QED) is 0.312. The Balaban J connectivity index is 2.01. The normalized spacial score (nSPS) is 11.4. The number of nitrogens with two attached hydrogens (primary N) is 1. The lowest BCUT2D eigenvalue weighted by Gasteiger charge is -2.05. The topological polar surface area (TPSA) is 122 Å². The monoisotopic (exact) mass is 363 g/mol. The zero-order valence-corrected chi connectivity index (χ0v) is 14.7. The van der Waals surface area contributed by atoms with Crippen LogP contribution in [0.4, 0.5) is 5.13 Å². The number of benzene rings is 1. The number of anilines is 1. The van der Waals surface area contributed by atoms with E-state index in [2.05, 4.69) is 20.6 Å². The molecule has 5 N–H and O–H groups in total. The van der Waals surface area contributed by atoms with Crippen molar-refractivity contribution >= 4 is 28.3 Å². The minimum absolute atomic E-state index is 0.290. The van der Waals surface area contributed by atoms with Gasteiger partial charge in [0.2, 0.25) is 5.91 Å². The number of nitrogens with zero attached hydrogens (tertiary/aromatic N) is 2. The summed E-state index contributed by atoms with van der Waals surface area (Å²) < 4.78 is 4.91. The van der Waals surface area contributed by atoms with Crippen LogP contribution in [0.2, 0.25) is 0 Å². The Hall–Kier alpha value is -2.49. The maximum Gasteiger partial charge on any atom is 0.245 e. The maximum atomic E-state index is 11.1. The molecule has 0 aliphatic rings. The molecule has 8 nitrogen and oxygen atoms in total. The number of ether oxygens (including phenoxy) is 1. The summed E-state index contributed by atoms with van der Waals surface area (Å²) in [5.41, 5.74) is 8.43. The fraction of sp³-hybridized carbons (Fsp3) is 0.312. The zero-order chi connectivity index (χ0) is 18.1. The van der Waals surface area contributed by atoms with Crippen LogP contribution in [0.15, 0.2) is 34.6 Å². The summed E-state index contributed by atoms with van der Waals surface area (Å²) in [6.45, 7) is 0.816. The van der Waals surface area contributed by atoms with Crippen LogP contribution < -0.4 is 16.4 Å². The van der Waals surface area contributed by atoms with Gasteiger partial charge in [0.15, 0.2) is 11.1 Å². The highest BCUT2D eigenvalue weighted by Gasteiger charge is 2.07. The van der Waals surface area contributed by atoms with Gasteiger partial charge in [-0.25, -0.2) is 4.98 Å². The van der Waals surface area contributed by atoms with Crippen LogP contribution in [0.3, 0.4) is 0 Å². The van der Waals surface area contributed by atoms with Gasteiger partial charge in [-0.1, -0.05) is 18.2 Å². The summed E-state index contributed by atoms with van der Waals surface area (Å²) in [4.78, 5) is 19.7. The van der Waals surface area contributed by atoms with Crippen molar-refractivity contribution in [2.45, 2.75) is 6.54 Å². The second kappa shape index (κ2) is 9.72. The first-order valence-corrected chi connectivity index (χ1v) is 8.48. The Kier molecular flexibility index (Phi) is 7.33. The number of carbonyl (C=O) groups is 1. The molecule has 0 atom stereocenters. The van der Waals surface area contributed by atoms with E-state index in [1.807, 2.05) is 29.6 Å². The summed E-state index contributed by atoms with van der Waals surface area (Å²) in [7, 11) is 1.61. The van der Waals surface area contributed by atoms with Gasteiger partial charge in [-0.3, -0.25) is 9.79 Å². The Bertz CT molecular complexity index is 732. The third-order valence-electron chi connectivity index (χ3n) is 3.17. The number of methoxy groups -OCH3 is 1. The smallest absolute Gasteiger partial charge is 0.245 e. The van der Waals surface area contributed by atoms with Gasteiger partial charge < -0.3 is 26.2 Å². The highest BCUT2D eigenvalue weighted by atomic mass is 32.1. The van der Waals surface area contributed by atoms with Crippen molar-refractivity contribution < 1.29 is 14.6 Å². The first kappa shape index (κ1) is 18.8. The van der Waals surface area contributed by atoms with Crippen molar-refractivity contribution in [1.82, 2.24) is 10.3 Å². The number of aliphatic hydroxyl groups is 1. The molecule has 0 unspecified atom stereocenters. The van der Waals surface area contributed by atoms with E-state index < -0.39 is 12.5 Å². The second-order valence-electron chi connectivity index (χ2n) is 5.06. The van der Waals surface area contributed by atoms with E-state index in [1.165, 1.54) is 11.3 Å². The number of aliphatic hydroxyl groups excluding tert-OH is 1. The molecule has 0 saturated carbocycles. The van der Waals surface area contributed by atoms with E-state index in [0.29, 0.717) is 30.8 Å². The molecule has 9 heteroatoms. The fourth-order valence-corrected chi connectivity index (χ4v) is 2.69. The van der Waals surface area contributed by atoms with Crippen LogP contribution >= 0.6 is 11.3 Å². The molecular formula is C16H21N5O3S. The predicted octanol–water partition coefficient (Wildman–Crippen LogP) is 0.792. The van der Waals surface area contributed by atoms with Crippen LogP contribution in [-0.4, -0.2) is 48.8 Å². The maximum absolute atomic E-state index is 11.1. The number of rotatable bonds is 8. The highest BCUT2D eigenvalue weighted by Crippen LogP contribution is 2.25. The summed E-state index contributed by atoms with van der Waals surface area (Å²) in [6.07, 6.45) is 0. The van der Waals surface area contributed by atoms with E-state index in [-0.39, 0.29) is 0 Å². The standard InChI is InChI=1S/C16H21N5O3S/c1-24-6-5-18-15(17)21-16-20-13(10-25-16)12-4-2-3-11(7-12)8-19-14(23)9-22/h2-4,7,10,22H,5-6,8-9H2,1H3,(H,19,23)(H3,17,18,20,21). The lowest BCUT2D eigenvalue weighted by molar-refractivity contribution is -0.123. The van der Waals surface area contributed by atoms with Gasteiger partial charge in [0.25, 0.3) is 0 Å². The molecule has 1 amide bonds. The molecular weight excluding hydrogens is 342 g/mol. The molecule has 25 heavy (non-hydrogen) atoms. The van der Waals surface area contributed by atoms with E-state index in [9.17, 15) is 4.79 Å². The van der Waals surface area contributed by atoms with Gasteiger partial charge in [0.1, 0.15) is 6.61 Å². The van der Waals surface area contributed by atoms with E-state index in [1.54, 1.807) is 7.11 Å². The van der Waals surface area contributed by atoms with E-state index >= 15 is 0 Å². The van der Waals surface area contributed by atoms with Crippen molar-refractivity contribution in [3.05, 3.63) is 35.2 Å². The van der Waals surface area contributed by atoms with Crippen LogP contribution in [0.1, 0.15) is 5.56 Å². The SMILES string of the molecule is COCCN=C(N)Nc1nc(-c2cccc(CNC(=O)CO)c2)cs1. The number of guanidine groups is 1. The molecule has 0 saturated heterocycles. The van der Waals surface area contributed by atoms with Crippen molar-refractivity contribution in [3.63, 3.8) is 0 Å². The number of amides is 1.